The summed E-state index contributed by atoms with van der Waals surface area (Å²) in [6.45, 7) is 10.9. The minimum absolute atomic E-state index is 0.00620. The van der Waals surface area contributed by atoms with Crippen LogP contribution in [0.2, 0.25) is 0 Å². The maximum absolute atomic E-state index is 11.2. The van der Waals surface area contributed by atoms with Crippen molar-refractivity contribution in [1.82, 2.24) is 0 Å². The highest BCUT2D eigenvalue weighted by Crippen LogP contribution is 2.64. The number of aliphatic hydroxyl groups is 3. The summed E-state index contributed by atoms with van der Waals surface area (Å²) in [6.07, 6.45) is 6.02. The van der Waals surface area contributed by atoms with Crippen LogP contribution in [0.1, 0.15) is 79.6 Å². The van der Waals surface area contributed by atoms with Gasteiger partial charge in [-0.25, -0.2) is 0 Å². The van der Waals surface area contributed by atoms with Gasteiger partial charge in [-0.05, 0) is 81.5 Å². The predicted molar refractivity (Wildman–Crippen MR) is 102 cm³/mol. The van der Waals surface area contributed by atoms with E-state index in [-0.39, 0.29) is 23.4 Å². The predicted octanol–water partition coefficient (Wildman–Crippen LogP) is 4.27. The van der Waals surface area contributed by atoms with Crippen LogP contribution in [0.3, 0.4) is 0 Å². The van der Waals surface area contributed by atoms with E-state index in [0.717, 1.165) is 32.1 Å². The Balaban J connectivity index is 2.26. The van der Waals surface area contributed by atoms with Gasteiger partial charge in [-0.15, -0.1) is 0 Å². The van der Waals surface area contributed by atoms with Gasteiger partial charge in [0.05, 0.1) is 11.2 Å². The van der Waals surface area contributed by atoms with E-state index in [1.807, 2.05) is 6.92 Å². The van der Waals surface area contributed by atoms with Crippen molar-refractivity contribution in [3.63, 3.8) is 0 Å². The maximum Gasteiger partial charge on any atom is 0.0653 e. The highest BCUT2D eigenvalue weighted by Gasteiger charge is 2.59. The number of hydrogen-bond acceptors (Lipinski definition) is 3. The molecule has 3 N–H and O–H groups in total. The Morgan fingerprint density at radius 2 is 1.71 bits per heavy atom. The van der Waals surface area contributed by atoms with Gasteiger partial charge in [-0.3, -0.25) is 0 Å². The van der Waals surface area contributed by atoms with E-state index in [0.29, 0.717) is 23.6 Å². The van der Waals surface area contributed by atoms with E-state index in [9.17, 15) is 10.2 Å². The summed E-state index contributed by atoms with van der Waals surface area (Å²) in [7, 11) is 0. The Bertz CT molecular complexity index is 446. The van der Waals surface area contributed by atoms with Crippen LogP contribution in [0.4, 0.5) is 0 Å². The molecule has 0 saturated heterocycles. The van der Waals surface area contributed by atoms with E-state index < -0.39 is 11.2 Å². The van der Waals surface area contributed by atoms with Gasteiger partial charge < -0.3 is 15.3 Å². The van der Waals surface area contributed by atoms with E-state index in [2.05, 4.69) is 36.7 Å². The van der Waals surface area contributed by atoms with E-state index in [1.165, 1.54) is 0 Å². The van der Waals surface area contributed by atoms with Crippen LogP contribution in [0.25, 0.3) is 0 Å². The summed E-state index contributed by atoms with van der Waals surface area (Å²) in [6, 6.07) is 0. The minimum atomic E-state index is -0.851. The zero-order valence-electron chi connectivity index (χ0n) is 16.1. The third-order valence-corrected chi connectivity index (χ3v) is 9.18. The molecule has 2 aliphatic carbocycles. The van der Waals surface area contributed by atoms with Crippen LogP contribution in [-0.4, -0.2) is 38.0 Å². The van der Waals surface area contributed by atoms with Crippen molar-refractivity contribution in [3.05, 3.63) is 0 Å². The molecule has 2 rings (SSSR count). The standard InChI is InChI=1S/C20H37BrO3/c1-17(2)14-7-11-20(5,24)15(6-9-18(3,23)12-13-22)19(14,4)10-8-16(17)21/h14-16,22-24H,6-13H2,1-5H3/t14-,15+,16-,18-,19-,20+/m1/s1. The van der Waals surface area contributed by atoms with Gasteiger partial charge in [0.25, 0.3) is 0 Å². The molecule has 0 amide bonds. The summed E-state index contributed by atoms with van der Waals surface area (Å²) in [5.74, 6) is 0.768. The first-order valence-corrected chi connectivity index (χ1v) is 10.5. The van der Waals surface area contributed by atoms with E-state index in [1.54, 1.807) is 6.92 Å². The molecule has 0 aromatic carbocycles. The van der Waals surface area contributed by atoms with Crippen molar-refractivity contribution >= 4 is 15.9 Å². The molecule has 2 fully saturated rings. The second-order valence-electron chi connectivity index (χ2n) is 9.84. The Hall–Kier alpha value is 0.360. The van der Waals surface area contributed by atoms with Crippen LogP contribution < -0.4 is 0 Å². The average molecular weight is 405 g/mol. The molecule has 0 aliphatic heterocycles. The minimum Gasteiger partial charge on any atom is -0.396 e. The molecule has 24 heavy (non-hydrogen) atoms. The molecule has 0 spiro atoms. The first kappa shape index (κ1) is 20.7. The first-order chi connectivity index (χ1) is 10.9. The van der Waals surface area contributed by atoms with Crippen molar-refractivity contribution in [2.24, 2.45) is 22.7 Å². The van der Waals surface area contributed by atoms with Crippen molar-refractivity contribution in [1.29, 1.82) is 0 Å². The number of hydrogen-bond donors (Lipinski definition) is 3. The normalized spacial score (nSPS) is 44.6. The molecule has 0 aromatic heterocycles. The average Bonchev–Trinajstić information content (AvgIpc) is 2.42. The lowest BCUT2D eigenvalue weighted by Gasteiger charge is -2.62. The van der Waals surface area contributed by atoms with Gasteiger partial charge in [0.1, 0.15) is 0 Å². The van der Waals surface area contributed by atoms with Crippen LogP contribution in [0.5, 0.6) is 0 Å². The van der Waals surface area contributed by atoms with Crippen molar-refractivity contribution < 1.29 is 15.3 Å². The number of halogens is 1. The summed E-state index contributed by atoms with van der Waals surface area (Å²) in [5, 5.41) is 30.8. The summed E-state index contributed by atoms with van der Waals surface area (Å²) in [5.41, 5.74) is -1.20. The van der Waals surface area contributed by atoms with E-state index >= 15 is 0 Å². The second-order valence-corrected chi connectivity index (χ2v) is 10.9. The Morgan fingerprint density at radius 1 is 1.08 bits per heavy atom. The Kier molecular flexibility index (Phi) is 5.88. The SMILES string of the molecule is CC1(C)[C@H](Br)CC[C@]2(C)[C@@H]1CC[C@](C)(O)[C@H]2CC[C@@](C)(O)CCO. The van der Waals surface area contributed by atoms with Gasteiger partial charge >= 0.3 is 0 Å². The Morgan fingerprint density at radius 3 is 2.29 bits per heavy atom. The molecule has 0 radical (unpaired) electrons. The molecule has 6 atom stereocenters. The summed E-state index contributed by atoms with van der Waals surface area (Å²) in [4.78, 5) is 0.532. The van der Waals surface area contributed by atoms with Crippen LogP contribution in [0.15, 0.2) is 0 Å². The highest BCUT2D eigenvalue weighted by molar-refractivity contribution is 9.09. The van der Waals surface area contributed by atoms with Gasteiger partial charge in [-0.2, -0.15) is 0 Å². The first-order valence-electron chi connectivity index (χ1n) is 9.56. The summed E-state index contributed by atoms with van der Waals surface area (Å²) >= 11 is 3.91. The second kappa shape index (κ2) is 6.83. The molecule has 2 saturated carbocycles. The molecule has 0 aromatic rings. The topological polar surface area (TPSA) is 60.7 Å². The molecule has 142 valence electrons. The lowest BCUT2D eigenvalue weighted by molar-refractivity contribution is -0.170. The van der Waals surface area contributed by atoms with Gasteiger partial charge in [-0.1, -0.05) is 36.7 Å². The highest BCUT2D eigenvalue weighted by atomic mass is 79.9. The van der Waals surface area contributed by atoms with Gasteiger partial charge in [0, 0.05) is 11.4 Å². The maximum atomic E-state index is 11.2. The fraction of sp³-hybridized carbons (Fsp3) is 1.00. The molecule has 0 unspecified atom stereocenters. The number of aliphatic hydroxyl groups excluding tert-OH is 1. The Labute approximate surface area is 156 Å². The lowest BCUT2D eigenvalue weighted by Crippen LogP contribution is -2.59. The smallest absolute Gasteiger partial charge is 0.0653 e. The molecule has 0 heterocycles. The largest absolute Gasteiger partial charge is 0.396 e. The third-order valence-electron chi connectivity index (χ3n) is 7.55. The van der Waals surface area contributed by atoms with Crippen molar-refractivity contribution in [3.8, 4) is 0 Å². The van der Waals surface area contributed by atoms with Crippen LogP contribution in [0, 0.1) is 22.7 Å². The van der Waals surface area contributed by atoms with Gasteiger partial charge in [0.2, 0.25) is 0 Å². The fourth-order valence-corrected chi connectivity index (χ4v) is 6.50. The quantitative estimate of drug-likeness (QED) is 0.599. The van der Waals surface area contributed by atoms with Crippen molar-refractivity contribution in [2.75, 3.05) is 6.61 Å². The summed E-state index contributed by atoms with van der Waals surface area (Å²) < 4.78 is 0. The van der Waals surface area contributed by atoms with E-state index in [4.69, 9.17) is 5.11 Å². The fourth-order valence-electron chi connectivity index (χ4n) is 5.95. The van der Waals surface area contributed by atoms with Crippen LogP contribution >= 0.6 is 15.9 Å². The monoisotopic (exact) mass is 404 g/mol. The molecule has 3 nitrogen and oxygen atoms in total. The number of fused-ring (bicyclic) bond motifs is 1. The molecule has 2 aliphatic rings. The van der Waals surface area contributed by atoms with Crippen LogP contribution in [-0.2, 0) is 0 Å². The zero-order chi connectivity index (χ0) is 18.4. The molecule has 4 heteroatoms. The molecular weight excluding hydrogens is 368 g/mol. The third kappa shape index (κ3) is 3.72. The number of rotatable bonds is 5. The van der Waals surface area contributed by atoms with Crippen molar-refractivity contribution in [2.45, 2.75) is 95.6 Å². The zero-order valence-corrected chi connectivity index (χ0v) is 17.7. The number of alkyl halides is 1. The molecule has 0 bridgehead atoms. The lowest BCUT2D eigenvalue weighted by atomic mass is 9.45. The van der Waals surface area contributed by atoms with Gasteiger partial charge in [0.15, 0.2) is 0 Å². The molecular formula is C20H37BrO3.